The lowest BCUT2D eigenvalue weighted by Crippen LogP contribution is -2.23. The van der Waals surface area contributed by atoms with Crippen LogP contribution in [0.3, 0.4) is 0 Å². The molecule has 0 unspecified atom stereocenters. The summed E-state index contributed by atoms with van der Waals surface area (Å²) in [4.78, 5) is 11.2. The van der Waals surface area contributed by atoms with Crippen LogP contribution < -0.4 is 10.6 Å². The Morgan fingerprint density at radius 3 is 2.26 bits per heavy atom. The van der Waals surface area contributed by atoms with Gasteiger partial charge in [-0.2, -0.15) is 0 Å². The fraction of sp³-hybridized carbons (Fsp3) is 0.333. The predicted molar refractivity (Wildman–Crippen MR) is 78.6 cm³/mol. The van der Waals surface area contributed by atoms with Gasteiger partial charge in [-0.15, -0.1) is 0 Å². The minimum absolute atomic E-state index is 0.661. The Balaban J connectivity index is 2.36. The Morgan fingerprint density at radius 1 is 1.05 bits per heavy atom. The molecule has 0 saturated heterocycles. The second kappa shape index (κ2) is 6.29. The zero-order valence-corrected chi connectivity index (χ0v) is 11.5. The molecule has 2 N–H and O–H groups in total. The van der Waals surface area contributed by atoms with Gasteiger partial charge in [0.25, 0.3) is 0 Å². The monoisotopic (exact) mass is 256 g/mol. The van der Waals surface area contributed by atoms with Crippen LogP contribution in [0.1, 0.15) is 17.8 Å². The summed E-state index contributed by atoms with van der Waals surface area (Å²) in [5.74, 6) is 0.747. The Labute approximate surface area is 114 Å². The summed E-state index contributed by atoms with van der Waals surface area (Å²) < 4.78 is 0. The molecule has 0 aliphatic rings. The maximum absolute atomic E-state index is 5.63. The largest absolute Gasteiger partial charge is 0.330 e. The van der Waals surface area contributed by atoms with Crippen LogP contribution in [0.4, 0.5) is 11.6 Å². The molecular weight excluding hydrogens is 236 g/mol. The molecule has 1 aromatic carbocycles. The number of anilines is 2. The summed E-state index contributed by atoms with van der Waals surface area (Å²) in [6.45, 7) is 5.46. The molecule has 4 nitrogen and oxygen atoms in total. The average molecular weight is 256 g/mol. The lowest BCUT2D eigenvalue weighted by molar-refractivity contribution is 0.794. The summed E-state index contributed by atoms with van der Waals surface area (Å²) in [5.41, 5.74) is 8.69. The number of hydrogen-bond acceptors (Lipinski definition) is 4. The highest BCUT2D eigenvalue weighted by molar-refractivity contribution is 5.57. The lowest BCUT2D eigenvalue weighted by atomic mass is 10.2. The zero-order valence-electron chi connectivity index (χ0n) is 11.5. The molecule has 2 aromatic rings. The summed E-state index contributed by atoms with van der Waals surface area (Å²) in [6.07, 6.45) is 0.908. The molecule has 0 amide bonds. The van der Waals surface area contributed by atoms with E-state index < -0.39 is 0 Å². The summed E-state index contributed by atoms with van der Waals surface area (Å²) >= 11 is 0. The van der Waals surface area contributed by atoms with E-state index in [1.54, 1.807) is 0 Å². The second-order valence-corrected chi connectivity index (χ2v) is 4.58. The average Bonchev–Trinajstić information content (AvgIpc) is 2.39. The Morgan fingerprint density at radius 2 is 1.68 bits per heavy atom. The van der Waals surface area contributed by atoms with Crippen molar-refractivity contribution < 1.29 is 0 Å². The zero-order chi connectivity index (χ0) is 13.7. The molecule has 0 fully saturated rings. The van der Waals surface area contributed by atoms with Crippen molar-refractivity contribution >= 4 is 11.6 Å². The number of hydrogen-bond donors (Lipinski definition) is 1. The second-order valence-electron chi connectivity index (χ2n) is 4.58. The third-order valence-electron chi connectivity index (χ3n) is 2.87. The van der Waals surface area contributed by atoms with Crippen LogP contribution >= 0.6 is 0 Å². The molecule has 0 saturated carbocycles. The summed E-state index contributed by atoms with van der Waals surface area (Å²) in [5, 5.41) is 0. The van der Waals surface area contributed by atoms with Gasteiger partial charge in [0.2, 0.25) is 5.95 Å². The van der Waals surface area contributed by atoms with E-state index in [0.29, 0.717) is 6.54 Å². The Kier molecular flexibility index (Phi) is 4.47. The van der Waals surface area contributed by atoms with E-state index in [2.05, 4.69) is 27.0 Å². The van der Waals surface area contributed by atoms with Gasteiger partial charge in [-0.05, 0) is 45.0 Å². The molecule has 0 radical (unpaired) electrons. The minimum atomic E-state index is 0.661. The third-order valence-corrected chi connectivity index (χ3v) is 2.87. The van der Waals surface area contributed by atoms with Crippen molar-refractivity contribution in [3.8, 4) is 0 Å². The quantitative estimate of drug-likeness (QED) is 0.893. The van der Waals surface area contributed by atoms with Crippen molar-refractivity contribution in [2.45, 2.75) is 20.3 Å². The Bertz CT molecular complexity index is 505. The first-order chi connectivity index (χ1) is 9.20. The van der Waals surface area contributed by atoms with Crippen molar-refractivity contribution in [2.24, 2.45) is 5.73 Å². The number of rotatable bonds is 5. The van der Waals surface area contributed by atoms with Crippen LogP contribution in [0.5, 0.6) is 0 Å². The first kappa shape index (κ1) is 13.5. The van der Waals surface area contributed by atoms with Crippen LogP contribution in [-0.4, -0.2) is 23.1 Å². The first-order valence-corrected chi connectivity index (χ1v) is 6.55. The highest BCUT2D eigenvalue weighted by atomic mass is 15.3. The number of nitrogens with two attached hydrogens (primary N) is 1. The minimum Gasteiger partial charge on any atom is -0.330 e. The van der Waals surface area contributed by atoms with Gasteiger partial charge in [0.15, 0.2) is 0 Å². The highest BCUT2D eigenvalue weighted by Gasteiger charge is 2.12. The fourth-order valence-corrected chi connectivity index (χ4v) is 2.03. The molecule has 19 heavy (non-hydrogen) atoms. The van der Waals surface area contributed by atoms with Crippen LogP contribution in [-0.2, 0) is 0 Å². The smallest absolute Gasteiger partial charge is 0.230 e. The van der Waals surface area contributed by atoms with Crippen LogP contribution in [0, 0.1) is 13.8 Å². The van der Waals surface area contributed by atoms with E-state index in [1.807, 2.05) is 38.1 Å². The number of aryl methyl sites for hydroxylation is 2. The molecule has 0 bridgehead atoms. The fourth-order valence-electron chi connectivity index (χ4n) is 2.03. The van der Waals surface area contributed by atoms with E-state index >= 15 is 0 Å². The molecule has 1 heterocycles. The molecule has 0 atom stereocenters. The van der Waals surface area contributed by atoms with E-state index in [-0.39, 0.29) is 0 Å². The predicted octanol–water partition coefficient (Wildman–Crippen LogP) is 2.58. The molecule has 0 aliphatic heterocycles. The molecule has 1 aromatic heterocycles. The molecular formula is C15H20N4. The van der Waals surface area contributed by atoms with Crippen molar-refractivity contribution in [3.05, 3.63) is 47.8 Å². The van der Waals surface area contributed by atoms with Crippen molar-refractivity contribution in [3.63, 3.8) is 0 Å². The van der Waals surface area contributed by atoms with E-state index in [0.717, 1.165) is 36.0 Å². The molecule has 100 valence electrons. The molecule has 4 heteroatoms. The van der Waals surface area contributed by atoms with Gasteiger partial charge in [-0.25, -0.2) is 9.97 Å². The molecule has 0 aliphatic carbocycles. The first-order valence-electron chi connectivity index (χ1n) is 6.55. The summed E-state index contributed by atoms with van der Waals surface area (Å²) in [6, 6.07) is 12.2. The standard InChI is InChI=1S/C15H20N4/c1-12-11-13(2)18-15(17-12)19(10-6-9-16)14-7-4-3-5-8-14/h3-5,7-8,11H,6,9-10,16H2,1-2H3. The highest BCUT2D eigenvalue weighted by Crippen LogP contribution is 2.22. The third kappa shape index (κ3) is 3.51. The normalized spacial score (nSPS) is 10.5. The van der Waals surface area contributed by atoms with Gasteiger partial charge >= 0.3 is 0 Å². The molecule has 0 spiro atoms. The van der Waals surface area contributed by atoms with E-state index in [4.69, 9.17) is 5.73 Å². The van der Waals surface area contributed by atoms with Crippen LogP contribution in [0.2, 0.25) is 0 Å². The van der Waals surface area contributed by atoms with Gasteiger partial charge in [0.05, 0.1) is 0 Å². The number of nitrogens with zero attached hydrogens (tertiary/aromatic N) is 3. The Hall–Kier alpha value is -1.94. The maximum Gasteiger partial charge on any atom is 0.230 e. The number of aromatic nitrogens is 2. The van der Waals surface area contributed by atoms with Gasteiger partial charge in [-0.1, -0.05) is 18.2 Å². The van der Waals surface area contributed by atoms with Gasteiger partial charge in [0.1, 0.15) is 0 Å². The number of para-hydroxylation sites is 1. The van der Waals surface area contributed by atoms with Gasteiger partial charge in [0, 0.05) is 23.6 Å². The van der Waals surface area contributed by atoms with Crippen LogP contribution in [0.15, 0.2) is 36.4 Å². The maximum atomic E-state index is 5.63. The number of benzene rings is 1. The van der Waals surface area contributed by atoms with E-state index in [9.17, 15) is 0 Å². The van der Waals surface area contributed by atoms with Crippen LogP contribution in [0.25, 0.3) is 0 Å². The van der Waals surface area contributed by atoms with Gasteiger partial charge in [-0.3, -0.25) is 0 Å². The molecule has 2 rings (SSSR count). The SMILES string of the molecule is Cc1cc(C)nc(N(CCCN)c2ccccc2)n1. The van der Waals surface area contributed by atoms with Crippen molar-refractivity contribution in [1.29, 1.82) is 0 Å². The lowest BCUT2D eigenvalue weighted by Gasteiger charge is -2.23. The van der Waals surface area contributed by atoms with Gasteiger partial charge < -0.3 is 10.6 Å². The van der Waals surface area contributed by atoms with Crippen molar-refractivity contribution in [1.82, 2.24) is 9.97 Å². The summed E-state index contributed by atoms with van der Waals surface area (Å²) in [7, 11) is 0. The topological polar surface area (TPSA) is 55.0 Å². The van der Waals surface area contributed by atoms with E-state index in [1.165, 1.54) is 0 Å². The van der Waals surface area contributed by atoms with Crippen molar-refractivity contribution in [2.75, 3.05) is 18.0 Å².